The molecule has 0 aromatic carbocycles. The highest BCUT2D eigenvalue weighted by atomic mass is 16.5. The van der Waals surface area contributed by atoms with Gasteiger partial charge in [-0.3, -0.25) is 4.79 Å². The summed E-state index contributed by atoms with van der Waals surface area (Å²) in [6, 6.07) is 5.51. The Labute approximate surface area is 101 Å². The number of nitrogens with zero attached hydrogens (tertiary/aromatic N) is 2. The Bertz CT molecular complexity index is 369. The van der Waals surface area contributed by atoms with Crippen LogP contribution in [0.5, 0.6) is 5.88 Å². The molecule has 0 N–H and O–H groups in total. The van der Waals surface area contributed by atoms with Gasteiger partial charge in [0.25, 0.3) is 0 Å². The third-order valence-electron chi connectivity index (χ3n) is 2.27. The number of ether oxygens (including phenoxy) is 2. The summed E-state index contributed by atoms with van der Waals surface area (Å²) in [6.07, 6.45) is 0.350. The Morgan fingerprint density at radius 3 is 2.88 bits per heavy atom. The maximum absolute atomic E-state index is 11.2. The zero-order valence-corrected chi connectivity index (χ0v) is 10.5. The van der Waals surface area contributed by atoms with Crippen molar-refractivity contribution >= 4 is 11.8 Å². The van der Waals surface area contributed by atoms with Crippen LogP contribution in [0.2, 0.25) is 0 Å². The predicted octanol–water partition coefficient (Wildman–Crippen LogP) is 1.48. The molecule has 0 amide bonds. The van der Waals surface area contributed by atoms with Crippen molar-refractivity contribution in [3.05, 3.63) is 18.2 Å². The van der Waals surface area contributed by atoms with Crippen molar-refractivity contribution in [2.24, 2.45) is 0 Å². The molecule has 0 unspecified atom stereocenters. The van der Waals surface area contributed by atoms with Crippen LogP contribution in [0.15, 0.2) is 18.2 Å². The van der Waals surface area contributed by atoms with Gasteiger partial charge in [-0.15, -0.1) is 0 Å². The first kappa shape index (κ1) is 13.3. The first-order chi connectivity index (χ1) is 8.17. The molecule has 1 aromatic rings. The molecule has 0 atom stereocenters. The molecule has 0 bridgehead atoms. The van der Waals surface area contributed by atoms with Crippen molar-refractivity contribution in [3.63, 3.8) is 0 Å². The smallest absolute Gasteiger partial charge is 0.307 e. The van der Waals surface area contributed by atoms with Gasteiger partial charge in [-0.05, 0) is 13.0 Å². The summed E-state index contributed by atoms with van der Waals surface area (Å²) in [4.78, 5) is 17.4. The van der Waals surface area contributed by atoms with E-state index in [1.54, 1.807) is 20.1 Å². The van der Waals surface area contributed by atoms with E-state index in [4.69, 9.17) is 9.47 Å². The minimum atomic E-state index is -0.192. The molecule has 0 spiro atoms. The maximum atomic E-state index is 11.2. The number of hydrogen-bond donors (Lipinski definition) is 0. The fourth-order valence-electron chi connectivity index (χ4n) is 1.34. The summed E-state index contributed by atoms with van der Waals surface area (Å²) >= 11 is 0. The number of esters is 1. The zero-order valence-electron chi connectivity index (χ0n) is 10.5. The van der Waals surface area contributed by atoms with E-state index in [-0.39, 0.29) is 5.97 Å². The molecule has 1 aromatic heterocycles. The molecule has 0 aliphatic heterocycles. The number of carbonyl (C=O) groups is 1. The van der Waals surface area contributed by atoms with Crippen LogP contribution in [0.25, 0.3) is 0 Å². The molecule has 17 heavy (non-hydrogen) atoms. The van der Waals surface area contributed by atoms with E-state index in [2.05, 4.69) is 4.98 Å². The summed E-state index contributed by atoms with van der Waals surface area (Å²) in [5, 5.41) is 0. The van der Waals surface area contributed by atoms with E-state index in [1.165, 1.54) is 0 Å². The first-order valence-electron chi connectivity index (χ1n) is 5.55. The summed E-state index contributed by atoms with van der Waals surface area (Å²) in [5.74, 6) is 1.14. The Kier molecular flexibility index (Phi) is 5.26. The van der Waals surface area contributed by atoms with Crippen LogP contribution in [0, 0.1) is 0 Å². The van der Waals surface area contributed by atoms with Gasteiger partial charge in [0.05, 0.1) is 20.1 Å². The van der Waals surface area contributed by atoms with E-state index in [0.717, 1.165) is 5.82 Å². The van der Waals surface area contributed by atoms with Gasteiger partial charge in [0.2, 0.25) is 5.88 Å². The highest BCUT2D eigenvalue weighted by molar-refractivity contribution is 5.70. The van der Waals surface area contributed by atoms with Crippen LogP contribution < -0.4 is 9.64 Å². The third-order valence-corrected chi connectivity index (χ3v) is 2.27. The lowest BCUT2D eigenvalue weighted by molar-refractivity contribution is -0.142. The largest absolute Gasteiger partial charge is 0.481 e. The van der Waals surface area contributed by atoms with Crippen LogP contribution in [-0.4, -0.2) is 38.3 Å². The quantitative estimate of drug-likeness (QED) is 0.703. The molecular weight excluding hydrogens is 220 g/mol. The Morgan fingerprint density at radius 1 is 1.47 bits per heavy atom. The number of carbonyl (C=O) groups excluding carboxylic acids is 1. The minimum Gasteiger partial charge on any atom is -0.481 e. The van der Waals surface area contributed by atoms with E-state index in [9.17, 15) is 4.79 Å². The summed E-state index contributed by atoms with van der Waals surface area (Å²) < 4.78 is 9.90. The van der Waals surface area contributed by atoms with Crippen molar-refractivity contribution in [3.8, 4) is 5.88 Å². The lowest BCUT2D eigenvalue weighted by atomic mass is 10.3. The highest BCUT2D eigenvalue weighted by Gasteiger charge is 2.07. The van der Waals surface area contributed by atoms with Crippen LogP contribution in [0.4, 0.5) is 5.82 Å². The van der Waals surface area contributed by atoms with Crippen molar-refractivity contribution in [1.82, 2.24) is 4.98 Å². The van der Waals surface area contributed by atoms with Gasteiger partial charge in [0.1, 0.15) is 5.82 Å². The van der Waals surface area contributed by atoms with E-state index < -0.39 is 0 Å². The summed E-state index contributed by atoms with van der Waals surface area (Å²) in [6.45, 7) is 2.78. The molecule has 1 rings (SSSR count). The van der Waals surface area contributed by atoms with Gasteiger partial charge in [0.15, 0.2) is 0 Å². The Morgan fingerprint density at radius 2 is 2.24 bits per heavy atom. The molecule has 0 radical (unpaired) electrons. The molecule has 0 aliphatic rings. The molecule has 0 fully saturated rings. The van der Waals surface area contributed by atoms with Crippen LogP contribution >= 0.6 is 0 Å². The molecule has 0 saturated heterocycles. The highest BCUT2D eigenvalue weighted by Crippen LogP contribution is 2.14. The van der Waals surface area contributed by atoms with Gasteiger partial charge in [-0.2, -0.15) is 4.98 Å². The fraction of sp³-hybridized carbons (Fsp3) is 0.500. The molecule has 94 valence electrons. The fourth-order valence-corrected chi connectivity index (χ4v) is 1.34. The second kappa shape index (κ2) is 6.73. The number of rotatable bonds is 6. The average molecular weight is 238 g/mol. The van der Waals surface area contributed by atoms with Gasteiger partial charge < -0.3 is 14.4 Å². The topological polar surface area (TPSA) is 51.7 Å². The second-order valence-electron chi connectivity index (χ2n) is 3.51. The van der Waals surface area contributed by atoms with Crippen molar-refractivity contribution in [1.29, 1.82) is 0 Å². The summed E-state index contributed by atoms with van der Waals surface area (Å²) in [5.41, 5.74) is 0. The van der Waals surface area contributed by atoms with E-state index in [1.807, 2.05) is 24.1 Å². The number of anilines is 1. The standard InChI is InChI=1S/C12H18N2O3/c1-4-17-12(15)8-9-14(2)10-6-5-7-11(13-10)16-3/h5-7H,4,8-9H2,1-3H3. The maximum Gasteiger partial charge on any atom is 0.307 e. The Balaban J connectivity index is 2.51. The number of methoxy groups -OCH3 is 1. The molecular formula is C12H18N2O3. The first-order valence-corrected chi connectivity index (χ1v) is 5.55. The monoisotopic (exact) mass is 238 g/mol. The van der Waals surface area contributed by atoms with Crippen LogP contribution in [0.3, 0.4) is 0 Å². The molecule has 1 heterocycles. The predicted molar refractivity (Wildman–Crippen MR) is 65.3 cm³/mol. The molecule has 0 aliphatic carbocycles. The lowest BCUT2D eigenvalue weighted by Gasteiger charge is -2.17. The third kappa shape index (κ3) is 4.30. The second-order valence-corrected chi connectivity index (χ2v) is 3.51. The normalized spacial score (nSPS) is 9.82. The van der Waals surface area contributed by atoms with E-state index >= 15 is 0 Å². The molecule has 5 heteroatoms. The minimum absolute atomic E-state index is 0.192. The van der Waals surface area contributed by atoms with Crippen LogP contribution in [-0.2, 0) is 9.53 Å². The number of pyridine rings is 1. The molecule has 5 nitrogen and oxygen atoms in total. The van der Waals surface area contributed by atoms with E-state index in [0.29, 0.717) is 25.5 Å². The van der Waals surface area contributed by atoms with Crippen molar-refractivity contribution in [2.75, 3.05) is 32.2 Å². The summed E-state index contributed by atoms with van der Waals surface area (Å²) in [7, 11) is 3.45. The number of hydrogen-bond acceptors (Lipinski definition) is 5. The lowest BCUT2D eigenvalue weighted by Crippen LogP contribution is -2.22. The van der Waals surface area contributed by atoms with Crippen molar-refractivity contribution < 1.29 is 14.3 Å². The molecule has 0 saturated carbocycles. The Hall–Kier alpha value is -1.78. The van der Waals surface area contributed by atoms with Gasteiger partial charge in [-0.25, -0.2) is 0 Å². The van der Waals surface area contributed by atoms with Gasteiger partial charge in [-0.1, -0.05) is 6.07 Å². The van der Waals surface area contributed by atoms with Crippen LogP contribution in [0.1, 0.15) is 13.3 Å². The van der Waals surface area contributed by atoms with Gasteiger partial charge in [0, 0.05) is 19.7 Å². The van der Waals surface area contributed by atoms with Crippen molar-refractivity contribution in [2.45, 2.75) is 13.3 Å². The zero-order chi connectivity index (χ0) is 12.7. The number of aromatic nitrogens is 1. The van der Waals surface area contributed by atoms with Gasteiger partial charge >= 0.3 is 5.97 Å². The average Bonchev–Trinajstić information content (AvgIpc) is 2.36. The SMILES string of the molecule is CCOC(=O)CCN(C)c1cccc(OC)n1.